The Morgan fingerprint density at radius 3 is 2.83 bits per heavy atom. The van der Waals surface area contributed by atoms with Crippen LogP contribution in [0.5, 0.6) is 17.4 Å². The molecule has 144 valence electrons. The van der Waals surface area contributed by atoms with Crippen LogP contribution >= 0.6 is 35.2 Å². The number of benzene rings is 2. The van der Waals surface area contributed by atoms with Crippen LogP contribution in [0.25, 0.3) is 17.8 Å². The third kappa shape index (κ3) is 3.15. The van der Waals surface area contributed by atoms with E-state index in [0.29, 0.717) is 42.0 Å². The number of hydrogen-bond acceptors (Lipinski definition) is 6. The summed E-state index contributed by atoms with van der Waals surface area (Å²) in [6, 6.07) is 10.5. The molecule has 0 fully saturated rings. The first kappa shape index (κ1) is 18.1. The Morgan fingerprint density at radius 2 is 2.03 bits per heavy atom. The zero-order chi connectivity index (χ0) is 20.1. The van der Waals surface area contributed by atoms with Gasteiger partial charge in [-0.3, -0.25) is 9.36 Å². The summed E-state index contributed by atoms with van der Waals surface area (Å²) in [7, 11) is 0. The summed E-state index contributed by atoms with van der Waals surface area (Å²) in [6.45, 7) is 0.142. The first-order valence-electron chi connectivity index (χ1n) is 8.46. The van der Waals surface area contributed by atoms with Crippen molar-refractivity contribution in [1.82, 2.24) is 4.57 Å². The molecule has 0 saturated carbocycles. The van der Waals surface area contributed by atoms with E-state index in [1.165, 1.54) is 15.9 Å². The topological polar surface area (TPSA) is 73.1 Å². The van der Waals surface area contributed by atoms with Crippen molar-refractivity contribution in [2.45, 2.75) is 0 Å². The third-order valence-electron chi connectivity index (χ3n) is 4.47. The molecule has 3 aromatic rings. The summed E-state index contributed by atoms with van der Waals surface area (Å²) in [5.74, 6) is 0.696. The van der Waals surface area contributed by atoms with Gasteiger partial charge in [-0.15, -0.1) is 11.3 Å². The molecule has 1 amide bonds. The van der Waals surface area contributed by atoms with Crippen LogP contribution in [0.1, 0.15) is 4.88 Å². The summed E-state index contributed by atoms with van der Waals surface area (Å²) < 4.78 is 12.7. The fourth-order valence-corrected chi connectivity index (χ4v) is 4.61. The summed E-state index contributed by atoms with van der Waals surface area (Å²) in [5.41, 5.74) is 0.976. The van der Waals surface area contributed by atoms with E-state index in [9.17, 15) is 9.90 Å². The van der Waals surface area contributed by atoms with E-state index >= 15 is 0 Å². The van der Waals surface area contributed by atoms with Gasteiger partial charge >= 0.3 is 0 Å². The number of aromatic nitrogens is 1. The molecule has 0 saturated heterocycles. The quantitative estimate of drug-likeness (QED) is 0.486. The largest absolute Gasteiger partial charge is 0.493 e. The van der Waals surface area contributed by atoms with Gasteiger partial charge in [0.2, 0.25) is 12.7 Å². The number of carbonyl (C=O) groups excluding carboxylic acids is 1. The molecule has 1 N–H and O–H groups in total. The molecule has 2 aromatic carbocycles. The van der Waals surface area contributed by atoms with Crippen LogP contribution in [0.3, 0.4) is 0 Å². The number of halogens is 1. The number of amides is 1. The minimum absolute atomic E-state index is 0.0625. The fraction of sp³-hybridized carbons (Fsp3) is 0.0500. The molecule has 6 nitrogen and oxygen atoms in total. The second kappa shape index (κ2) is 6.84. The average Bonchev–Trinajstić information content (AvgIpc) is 3.24. The molecular weight excluding hydrogens is 432 g/mol. The lowest BCUT2D eigenvalue weighted by molar-refractivity contribution is -0.114. The molecule has 0 spiro atoms. The molecule has 5 rings (SSSR count). The molecule has 2 aliphatic heterocycles. The van der Waals surface area contributed by atoms with Gasteiger partial charge < -0.3 is 14.6 Å². The first-order valence-corrected chi connectivity index (χ1v) is 10.1. The van der Waals surface area contributed by atoms with E-state index in [1.54, 1.807) is 48.6 Å². The lowest BCUT2D eigenvalue weighted by Crippen LogP contribution is -2.30. The van der Waals surface area contributed by atoms with Crippen LogP contribution in [-0.2, 0) is 4.79 Å². The summed E-state index contributed by atoms with van der Waals surface area (Å²) >= 11 is 12.6. The van der Waals surface area contributed by atoms with E-state index in [4.69, 9.17) is 33.3 Å². The van der Waals surface area contributed by atoms with Crippen molar-refractivity contribution in [2.24, 2.45) is 4.99 Å². The van der Waals surface area contributed by atoms with Crippen molar-refractivity contribution in [2.75, 3.05) is 6.79 Å². The second-order valence-corrected chi connectivity index (χ2v) is 8.41. The number of carbonyl (C=O) groups is 1. The van der Waals surface area contributed by atoms with E-state index in [1.807, 2.05) is 0 Å². The molecule has 3 heterocycles. The van der Waals surface area contributed by atoms with Gasteiger partial charge in [-0.2, -0.15) is 0 Å². The minimum atomic E-state index is -0.413. The number of rotatable bonds is 2. The number of nitrogens with zero attached hydrogens (tertiary/aromatic N) is 2. The van der Waals surface area contributed by atoms with Gasteiger partial charge in [0.15, 0.2) is 15.5 Å². The summed E-state index contributed by atoms with van der Waals surface area (Å²) in [4.78, 5) is 17.1. The van der Waals surface area contributed by atoms with Crippen LogP contribution in [0, 0.1) is 3.95 Å². The Morgan fingerprint density at radius 1 is 1.24 bits per heavy atom. The van der Waals surface area contributed by atoms with Crippen molar-refractivity contribution < 1.29 is 19.4 Å². The smallest absolute Gasteiger partial charge is 0.277 e. The molecule has 0 aliphatic carbocycles. The lowest BCUT2D eigenvalue weighted by atomic mass is 10.1. The predicted octanol–water partition coefficient (Wildman–Crippen LogP) is 3.38. The maximum absolute atomic E-state index is 12.5. The molecule has 1 aromatic heterocycles. The maximum Gasteiger partial charge on any atom is 0.277 e. The molecule has 29 heavy (non-hydrogen) atoms. The standard InChI is InChI=1S/C20H11ClN2O4S2/c21-12-2-1-3-13(7-12)23-19(25)17(29-20(23)28)6-11-4-10-5-15-16(27-9-26-15)8-14(10)22-18(11)24/h1-8,25H,9H2. The number of hydrogen-bond donors (Lipinski definition) is 1. The molecule has 2 aliphatic rings. The Bertz CT molecular complexity index is 1400. The van der Waals surface area contributed by atoms with Crippen molar-refractivity contribution in [3.05, 3.63) is 66.4 Å². The van der Waals surface area contributed by atoms with Gasteiger partial charge in [0, 0.05) is 21.9 Å². The summed E-state index contributed by atoms with van der Waals surface area (Å²) in [5, 5.41) is 12.5. The van der Waals surface area contributed by atoms with Gasteiger partial charge in [-0.05, 0) is 48.6 Å². The zero-order valence-corrected chi connectivity index (χ0v) is 17.0. The van der Waals surface area contributed by atoms with Gasteiger partial charge in [-0.1, -0.05) is 17.7 Å². The van der Waals surface area contributed by atoms with Gasteiger partial charge in [0.05, 0.1) is 15.9 Å². The van der Waals surface area contributed by atoms with Crippen molar-refractivity contribution in [3.8, 4) is 23.1 Å². The number of fused-ring (bicyclic) bond motifs is 2. The molecule has 9 heteroatoms. The highest BCUT2D eigenvalue weighted by molar-refractivity contribution is 7.73. The highest BCUT2D eigenvalue weighted by Gasteiger charge is 2.19. The monoisotopic (exact) mass is 442 g/mol. The highest BCUT2D eigenvalue weighted by atomic mass is 35.5. The molecule has 0 bridgehead atoms. The first-order chi connectivity index (χ1) is 14.0. The normalized spacial score (nSPS) is 15.8. The molecule has 0 unspecified atom stereocenters. The Balaban J connectivity index is 1.62. The van der Waals surface area contributed by atoms with Crippen LogP contribution in [0.15, 0.2) is 47.0 Å². The Kier molecular flexibility index (Phi) is 4.27. The van der Waals surface area contributed by atoms with Crippen LogP contribution in [0.4, 0.5) is 0 Å². The summed E-state index contributed by atoms with van der Waals surface area (Å²) in [6.07, 6.45) is 3.29. The van der Waals surface area contributed by atoms with E-state index in [-0.39, 0.29) is 12.7 Å². The van der Waals surface area contributed by atoms with Gasteiger partial charge in [0.1, 0.15) is 0 Å². The van der Waals surface area contributed by atoms with Crippen LogP contribution in [0.2, 0.25) is 5.02 Å². The third-order valence-corrected chi connectivity index (χ3v) is 6.01. The van der Waals surface area contributed by atoms with E-state index in [2.05, 4.69) is 4.99 Å². The molecule has 0 atom stereocenters. The van der Waals surface area contributed by atoms with Crippen LogP contribution in [-0.4, -0.2) is 22.4 Å². The fourth-order valence-electron chi connectivity index (χ4n) is 3.13. The SMILES string of the molecule is O=C1N=c2cc3c(cc2=CC1=Cc1sc(=S)n(-c2cccc(Cl)c2)c1O)OCO3. The van der Waals surface area contributed by atoms with E-state index < -0.39 is 5.91 Å². The van der Waals surface area contributed by atoms with Gasteiger partial charge in [0.25, 0.3) is 5.91 Å². The van der Waals surface area contributed by atoms with Crippen molar-refractivity contribution in [3.63, 3.8) is 0 Å². The highest BCUT2D eigenvalue weighted by Crippen LogP contribution is 2.33. The predicted molar refractivity (Wildman–Crippen MR) is 112 cm³/mol. The Hall–Kier alpha value is -2.94. The van der Waals surface area contributed by atoms with Crippen molar-refractivity contribution >= 4 is 53.2 Å². The van der Waals surface area contributed by atoms with Crippen molar-refractivity contribution in [1.29, 1.82) is 0 Å². The minimum Gasteiger partial charge on any atom is -0.493 e. The number of thiazole rings is 1. The second-order valence-electron chi connectivity index (χ2n) is 6.30. The van der Waals surface area contributed by atoms with Crippen LogP contribution < -0.4 is 20.0 Å². The average molecular weight is 443 g/mol. The molecule has 0 radical (unpaired) electrons. The maximum atomic E-state index is 12.5. The Labute approximate surface area is 178 Å². The van der Waals surface area contributed by atoms with Gasteiger partial charge in [-0.25, -0.2) is 4.99 Å². The molecular formula is C20H11ClN2O4S2. The zero-order valence-electron chi connectivity index (χ0n) is 14.6. The number of ether oxygens (including phenoxy) is 2. The number of aromatic hydroxyl groups is 1. The van der Waals surface area contributed by atoms with E-state index in [0.717, 1.165) is 5.22 Å². The lowest BCUT2D eigenvalue weighted by Gasteiger charge is -2.06.